The zero-order valence-electron chi connectivity index (χ0n) is 17.7. The second kappa shape index (κ2) is 7.88. The van der Waals surface area contributed by atoms with Crippen molar-refractivity contribution in [3.05, 3.63) is 69.0 Å². The molecule has 5 rings (SSSR count). The molecule has 1 saturated carbocycles. The molecule has 1 atom stereocenters. The molecular weight excluding hydrogens is 410 g/mol. The van der Waals surface area contributed by atoms with E-state index in [0.29, 0.717) is 28.2 Å². The number of hydrogen-bond acceptors (Lipinski definition) is 7. The fourth-order valence-electron chi connectivity index (χ4n) is 3.47. The molecule has 1 aliphatic rings. The van der Waals surface area contributed by atoms with E-state index in [-0.39, 0.29) is 17.6 Å². The Labute approximate surface area is 182 Å². The second-order valence-electron chi connectivity index (χ2n) is 7.82. The number of nitrogens with one attached hydrogen (secondary N) is 3. The Morgan fingerprint density at radius 2 is 2.09 bits per heavy atom. The van der Waals surface area contributed by atoms with Gasteiger partial charge in [-0.1, -0.05) is 12.1 Å². The first kappa shape index (κ1) is 19.9. The van der Waals surface area contributed by atoms with Crippen LogP contribution in [0.25, 0.3) is 11.7 Å². The fraction of sp³-hybridized carbons (Fsp3) is 0.273. The Bertz CT molecular complexity index is 1450. The Balaban J connectivity index is 1.58. The van der Waals surface area contributed by atoms with E-state index in [1.807, 2.05) is 30.3 Å². The predicted octanol–water partition coefficient (Wildman–Crippen LogP) is 1.24. The molecule has 32 heavy (non-hydrogen) atoms. The molecule has 0 unspecified atom stereocenters. The molecule has 3 heterocycles. The summed E-state index contributed by atoms with van der Waals surface area (Å²) in [4.78, 5) is 25.9. The molecule has 1 fully saturated rings. The van der Waals surface area contributed by atoms with Gasteiger partial charge in [0.15, 0.2) is 11.1 Å². The molecule has 10 heteroatoms. The molecule has 0 aliphatic heterocycles. The van der Waals surface area contributed by atoms with Gasteiger partial charge in [-0.15, -0.1) is 0 Å². The van der Waals surface area contributed by atoms with Crippen LogP contribution in [0.15, 0.2) is 46.3 Å². The van der Waals surface area contributed by atoms with E-state index in [1.165, 1.54) is 0 Å². The van der Waals surface area contributed by atoms with E-state index in [9.17, 15) is 9.90 Å². The first-order valence-corrected chi connectivity index (χ1v) is 10.4. The molecule has 1 aliphatic carbocycles. The highest BCUT2D eigenvalue weighted by molar-refractivity contribution is 5.58. The summed E-state index contributed by atoms with van der Waals surface area (Å²) in [5, 5.41) is 18.4. The third-order valence-corrected chi connectivity index (χ3v) is 5.36. The van der Waals surface area contributed by atoms with Gasteiger partial charge in [-0.3, -0.25) is 9.98 Å². The predicted molar refractivity (Wildman–Crippen MR) is 118 cm³/mol. The minimum absolute atomic E-state index is 0.00921. The van der Waals surface area contributed by atoms with Gasteiger partial charge in [-0.05, 0) is 43.5 Å². The summed E-state index contributed by atoms with van der Waals surface area (Å²) >= 11 is 0. The normalized spacial score (nSPS) is 15.9. The summed E-state index contributed by atoms with van der Waals surface area (Å²) in [5.74, 6) is 1.22. The number of benzene rings is 1. The molecule has 3 aromatic heterocycles. The lowest BCUT2D eigenvalue weighted by molar-refractivity contribution is 0.414. The second-order valence-corrected chi connectivity index (χ2v) is 7.82. The average molecular weight is 433 g/mol. The number of anilines is 1. The fourth-order valence-corrected chi connectivity index (χ4v) is 3.47. The first-order valence-electron chi connectivity index (χ1n) is 10.4. The van der Waals surface area contributed by atoms with Gasteiger partial charge in [-0.25, -0.2) is 9.78 Å². The van der Waals surface area contributed by atoms with Gasteiger partial charge in [0.05, 0.1) is 19.3 Å². The summed E-state index contributed by atoms with van der Waals surface area (Å²) in [6.45, 7) is 2.05. The molecule has 0 amide bonds. The summed E-state index contributed by atoms with van der Waals surface area (Å²) < 4.78 is 6.91. The monoisotopic (exact) mass is 433 g/mol. The van der Waals surface area contributed by atoms with Crippen LogP contribution in [0.4, 0.5) is 5.82 Å². The standard InChI is InChI=1S/C22H23N7O3/c1-12(13-3-7-16(32-2)8-4-13)24-18-10-19(25-15-5-6-15)29-20(27-18)14(11-23-29)9-17-21(30)28-22(31)26-17/h3-4,7-12,15,24,30H,5-6H2,1-2H3,(H2,26,28,31)/b14-9+,25-19?/t12-/m0/s1. The van der Waals surface area contributed by atoms with Crippen molar-refractivity contribution in [2.45, 2.75) is 31.8 Å². The zero-order chi connectivity index (χ0) is 22.2. The van der Waals surface area contributed by atoms with Crippen LogP contribution < -0.4 is 26.4 Å². The Morgan fingerprint density at radius 1 is 1.31 bits per heavy atom. The number of fused-ring (bicyclic) bond motifs is 1. The van der Waals surface area contributed by atoms with Crippen molar-refractivity contribution in [3.63, 3.8) is 0 Å². The van der Waals surface area contributed by atoms with Crippen LogP contribution >= 0.6 is 0 Å². The minimum Gasteiger partial charge on any atom is -0.497 e. The van der Waals surface area contributed by atoms with Gasteiger partial charge < -0.3 is 20.1 Å². The van der Waals surface area contributed by atoms with Crippen molar-refractivity contribution in [1.29, 1.82) is 0 Å². The third kappa shape index (κ3) is 3.94. The summed E-state index contributed by atoms with van der Waals surface area (Å²) in [5.41, 5.74) is 2.13. The number of nitrogens with zero attached hydrogens (tertiary/aromatic N) is 4. The summed E-state index contributed by atoms with van der Waals surface area (Å²) in [6, 6.07) is 10.0. The maximum atomic E-state index is 11.5. The molecule has 0 bridgehead atoms. The number of aromatic hydroxyl groups is 1. The number of ether oxygens (including phenoxy) is 1. The average Bonchev–Trinajstić information content (AvgIpc) is 3.42. The van der Waals surface area contributed by atoms with Crippen molar-refractivity contribution in [2.24, 2.45) is 4.99 Å². The molecule has 0 spiro atoms. The van der Waals surface area contributed by atoms with Crippen molar-refractivity contribution in [2.75, 3.05) is 12.4 Å². The number of H-pyrrole nitrogens is 2. The van der Waals surface area contributed by atoms with Crippen LogP contribution in [0.1, 0.15) is 37.1 Å². The van der Waals surface area contributed by atoms with Crippen LogP contribution in [-0.4, -0.2) is 42.8 Å². The highest BCUT2D eigenvalue weighted by Gasteiger charge is 2.20. The van der Waals surface area contributed by atoms with E-state index >= 15 is 0 Å². The Morgan fingerprint density at radius 3 is 2.75 bits per heavy atom. The van der Waals surface area contributed by atoms with Crippen molar-refractivity contribution in [3.8, 4) is 11.6 Å². The number of methoxy groups -OCH3 is 1. The van der Waals surface area contributed by atoms with Gasteiger partial charge in [0.25, 0.3) is 0 Å². The Hall–Kier alpha value is -4.08. The van der Waals surface area contributed by atoms with Crippen LogP contribution in [-0.2, 0) is 0 Å². The zero-order valence-corrected chi connectivity index (χ0v) is 17.7. The lowest BCUT2D eigenvalue weighted by Gasteiger charge is -2.15. The van der Waals surface area contributed by atoms with E-state index in [0.717, 1.165) is 24.2 Å². The maximum absolute atomic E-state index is 11.5. The minimum atomic E-state index is -0.488. The molecular formula is C22H23N7O3. The summed E-state index contributed by atoms with van der Waals surface area (Å²) in [7, 11) is 1.64. The van der Waals surface area contributed by atoms with Crippen LogP contribution in [0.5, 0.6) is 11.6 Å². The molecule has 0 saturated heterocycles. The molecule has 4 N–H and O–H groups in total. The van der Waals surface area contributed by atoms with Crippen molar-refractivity contribution >= 4 is 17.5 Å². The molecule has 4 aromatic rings. The van der Waals surface area contributed by atoms with Gasteiger partial charge >= 0.3 is 5.69 Å². The highest BCUT2D eigenvalue weighted by Crippen LogP contribution is 2.23. The van der Waals surface area contributed by atoms with Crippen LogP contribution in [0.2, 0.25) is 0 Å². The first-order chi connectivity index (χ1) is 15.5. The van der Waals surface area contributed by atoms with Crippen LogP contribution in [0.3, 0.4) is 0 Å². The quantitative estimate of drug-likeness (QED) is 0.362. The molecule has 0 radical (unpaired) electrons. The van der Waals surface area contributed by atoms with Gasteiger partial charge in [0.2, 0.25) is 5.88 Å². The largest absolute Gasteiger partial charge is 0.497 e. The topological polar surface area (TPSA) is 133 Å². The number of hydrogen-bond donors (Lipinski definition) is 4. The van der Waals surface area contributed by atoms with Crippen LogP contribution in [0, 0.1) is 0 Å². The molecule has 10 nitrogen and oxygen atoms in total. The van der Waals surface area contributed by atoms with Gasteiger partial charge in [0, 0.05) is 17.3 Å². The smallest absolute Gasteiger partial charge is 0.326 e. The Kier molecular flexibility index (Phi) is 4.89. The van der Waals surface area contributed by atoms with E-state index in [2.05, 4.69) is 27.3 Å². The molecule has 1 aromatic carbocycles. The molecule has 164 valence electrons. The highest BCUT2D eigenvalue weighted by atomic mass is 16.5. The van der Waals surface area contributed by atoms with Crippen molar-refractivity contribution in [1.82, 2.24) is 24.6 Å². The summed E-state index contributed by atoms with van der Waals surface area (Å²) in [6.07, 6.45) is 5.39. The van der Waals surface area contributed by atoms with Gasteiger partial charge in [-0.2, -0.15) is 9.61 Å². The number of aromatic amines is 2. The third-order valence-electron chi connectivity index (χ3n) is 5.36. The number of imidazole rings is 1. The SMILES string of the molecule is COc1ccc([C@H](C)Nc2cc(=NC3CC3)n3nc/c(=C\c4[nH]c(=O)[nH]c4O)c3n2)cc1. The van der Waals surface area contributed by atoms with Crippen molar-refractivity contribution < 1.29 is 9.84 Å². The number of aromatic nitrogens is 5. The van der Waals surface area contributed by atoms with Gasteiger partial charge in [0.1, 0.15) is 17.3 Å². The van der Waals surface area contributed by atoms with E-state index in [4.69, 9.17) is 14.7 Å². The number of rotatable bonds is 6. The lowest BCUT2D eigenvalue weighted by Crippen LogP contribution is -2.21. The van der Waals surface area contributed by atoms with E-state index in [1.54, 1.807) is 23.9 Å². The van der Waals surface area contributed by atoms with E-state index < -0.39 is 5.69 Å². The lowest BCUT2D eigenvalue weighted by atomic mass is 10.1. The maximum Gasteiger partial charge on any atom is 0.326 e.